The Kier molecular flexibility index (Phi) is 9.12. The summed E-state index contributed by atoms with van der Waals surface area (Å²) >= 11 is 5.29. The Morgan fingerprint density at radius 2 is 1.85 bits per heavy atom. The van der Waals surface area contributed by atoms with Crippen LogP contribution >= 0.6 is 56.9 Å². The lowest BCUT2D eigenvalue weighted by atomic mass is 10.0. The van der Waals surface area contributed by atoms with E-state index in [4.69, 9.17) is 15.9 Å². The zero-order chi connectivity index (χ0) is 24.1. The Labute approximate surface area is 225 Å². The molecule has 0 radical (unpaired) electrons. The molecule has 1 saturated heterocycles. The van der Waals surface area contributed by atoms with E-state index < -0.39 is 0 Å². The fourth-order valence-electron chi connectivity index (χ4n) is 3.25. The monoisotopic (exact) mass is 687 g/mol. The first kappa shape index (κ1) is 25.9. The summed E-state index contributed by atoms with van der Waals surface area (Å²) in [5, 5.41) is -0.290. The van der Waals surface area contributed by atoms with Crippen molar-refractivity contribution >= 4 is 74.2 Å². The highest BCUT2D eigenvalue weighted by atomic mass is 127. The van der Waals surface area contributed by atoms with Crippen molar-refractivity contribution in [3.63, 3.8) is 0 Å². The Morgan fingerprint density at radius 3 is 2.48 bits per heavy atom. The van der Waals surface area contributed by atoms with Crippen molar-refractivity contribution in [3.05, 3.63) is 59.1 Å². The molecule has 2 aromatic carbocycles. The van der Waals surface area contributed by atoms with E-state index in [1.54, 1.807) is 6.08 Å². The SMILES string of the molecule is C#CCOc1c(I)cc(/C=C2\SC(=O)N(CCOc3cc(C)ccc3C(C)C)C2=O)cc1I. The molecule has 1 heterocycles. The molecule has 2 amide bonds. The zero-order valence-corrected chi connectivity index (χ0v) is 23.6. The van der Waals surface area contributed by atoms with Crippen LogP contribution in [-0.4, -0.2) is 35.8 Å². The molecule has 172 valence electrons. The molecule has 5 nitrogen and oxygen atoms in total. The van der Waals surface area contributed by atoms with Gasteiger partial charge in [0.1, 0.15) is 24.7 Å². The highest BCUT2D eigenvalue weighted by molar-refractivity contribution is 14.1. The van der Waals surface area contributed by atoms with E-state index in [-0.39, 0.29) is 30.9 Å². The van der Waals surface area contributed by atoms with Crippen LogP contribution in [0.3, 0.4) is 0 Å². The number of rotatable bonds is 8. The molecule has 0 saturated carbocycles. The number of benzene rings is 2. The first-order valence-corrected chi connectivity index (χ1v) is 13.2. The average Bonchev–Trinajstić information content (AvgIpc) is 3.00. The maximum atomic E-state index is 12.9. The van der Waals surface area contributed by atoms with Crippen LogP contribution in [-0.2, 0) is 4.79 Å². The number of ether oxygens (including phenoxy) is 2. The van der Waals surface area contributed by atoms with Crippen LogP contribution in [0.4, 0.5) is 4.79 Å². The van der Waals surface area contributed by atoms with Gasteiger partial charge in [-0.3, -0.25) is 14.5 Å². The summed E-state index contributed by atoms with van der Waals surface area (Å²) < 4.78 is 13.3. The molecule has 1 aliphatic rings. The first-order valence-electron chi connectivity index (χ1n) is 10.2. The van der Waals surface area contributed by atoms with Crippen LogP contribution in [0.5, 0.6) is 11.5 Å². The van der Waals surface area contributed by atoms with Gasteiger partial charge in [0.2, 0.25) is 0 Å². The zero-order valence-electron chi connectivity index (χ0n) is 18.5. The number of thioether (sulfide) groups is 1. The van der Waals surface area contributed by atoms with Crippen molar-refractivity contribution in [3.8, 4) is 23.8 Å². The number of aryl methyl sites for hydroxylation is 1. The molecule has 33 heavy (non-hydrogen) atoms. The van der Waals surface area contributed by atoms with Gasteiger partial charge >= 0.3 is 0 Å². The summed E-state index contributed by atoms with van der Waals surface area (Å²) in [6.07, 6.45) is 7.01. The van der Waals surface area contributed by atoms with Crippen LogP contribution in [0.1, 0.15) is 36.5 Å². The fourth-order valence-corrected chi connectivity index (χ4v) is 6.24. The van der Waals surface area contributed by atoms with E-state index >= 15 is 0 Å². The van der Waals surface area contributed by atoms with Crippen LogP contribution < -0.4 is 9.47 Å². The summed E-state index contributed by atoms with van der Waals surface area (Å²) in [6, 6.07) is 9.90. The Morgan fingerprint density at radius 1 is 1.15 bits per heavy atom. The normalized spacial score (nSPS) is 14.8. The van der Waals surface area contributed by atoms with Crippen molar-refractivity contribution in [2.45, 2.75) is 26.7 Å². The third kappa shape index (κ3) is 6.45. The van der Waals surface area contributed by atoms with Gasteiger partial charge < -0.3 is 9.47 Å². The highest BCUT2D eigenvalue weighted by Gasteiger charge is 2.35. The van der Waals surface area contributed by atoms with E-state index in [0.29, 0.717) is 16.6 Å². The molecule has 0 atom stereocenters. The van der Waals surface area contributed by atoms with Gasteiger partial charge in [-0.15, -0.1) is 6.42 Å². The number of imide groups is 1. The predicted octanol–water partition coefficient (Wildman–Crippen LogP) is 6.45. The number of halogens is 2. The Hall–Kier alpha value is -1.71. The third-order valence-electron chi connectivity index (χ3n) is 4.86. The maximum Gasteiger partial charge on any atom is 0.293 e. The molecule has 3 rings (SSSR count). The summed E-state index contributed by atoms with van der Waals surface area (Å²) in [6.45, 7) is 6.85. The molecule has 0 aromatic heterocycles. The summed E-state index contributed by atoms with van der Waals surface area (Å²) in [5.41, 5.74) is 3.02. The molecule has 8 heteroatoms. The maximum absolute atomic E-state index is 12.9. The molecular weight excluding hydrogens is 664 g/mol. The van der Waals surface area contributed by atoms with Gasteiger partial charge in [0, 0.05) is 0 Å². The highest BCUT2D eigenvalue weighted by Crippen LogP contribution is 2.35. The lowest BCUT2D eigenvalue weighted by Gasteiger charge is -2.17. The van der Waals surface area contributed by atoms with E-state index in [1.807, 2.05) is 25.1 Å². The number of carbonyl (C=O) groups is 2. The summed E-state index contributed by atoms with van der Waals surface area (Å²) in [5.74, 6) is 3.98. The minimum Gasteiger partial charge on any atom is -0.491 e. The second-order valence-corrected chi connectivity index (χ2v) is 11.0. The van der Waals surface area contributed by atoms with Crippen molar-refractivity contribution in [2.24, 2.45) is 0 Å². The lowest BCUT2D eigenvalue weighted by molar-refractivity contribution is -0.123. The number of hydrogen-bond donors (Lipinski definition) is 0. The van der Waals surface area contributed by atoms with E-state index in [9.17, 15) is 9.59 Å². The van der Waals surface area contributed by atoms with Gasteiger partial charge in [-0.05, 0) is 111 Å². The molecule has 0 spiro atoms. The quantitative estimate of drug-likeness (QED) is 0.182. The first-order chi connectivity index (χ1) is 15.7. The standard InChI is InChI=1S/C25H23I2NO4S/c1-5-9-32-23-19(26)12-17(13-20(23)27)14-22-24(29)28(25(30)33-22)8-10-31-21-11-16(4)6-7-18(21)15(2)3/h1,6-7,11-15H,8-10H2,2-4H3/b22-14-. The second kappa shape index (κ2) is 11.6. The predicted molar refractivity (Wildman–Crippen MR) is 150 cm³/mol. The third-order valence-corrected chi connectivity index (χ3v) is 7.37. The molecular formula is C25H23I2NO4S. The molecule has 2 aromatic rings. The smallest absolute Gasteiger partial charge is 0.293 e. The van der Waals surface area contributed by atoms with Gasteiger partial charge in [0.15, 0.2) is 0 Å². The van der Waals surface area contributed by atoms with Crippen molar-refractivity contribution in [1.29, 1.82) is 0 Å². The summed E-state index contributed by atoms with van der Waals surface area (Å²) in [4.78, 5) is 27.0. The summed E-state index contributed by atoms with van der Waals surface area (Å²) in [7, 11) is 0. The number of amides is 2. The van der Waals surface area contributed by atoms with Gasteiger partial charge in [-0.1, -0.05) is 31.9 Å². The number of terminal acetylenes is 1. The van der Waals surface area contributed by atoms with Gasteiger partial charge in [0.25, 0.3) is 11.1 Å². The van der Waals surface area contributed by atoms with Crippen molar-refractivity contribution < 1.29 is 19.1 Å². The van der Waals surface area contributed by atoms with Crippen molar-refractivity contribution in [1.82, 2.24) is 4.90 Å². The largest absolute Gasteiger partial charge is 0.491 e. The van der Waals surface area contributed by atoms with Gasteiger partial charge in [-0.2, -0.15) is 0 Å². The molecule has 0 bridgehead atoms. The van der Waals surface area contributed by atoms with Crippen LogP contribution in [0.15, 0.2) is 35.2 Å². The Bertz CT molecular complexity index is 1130. The van der Waals surface area contributed by atoms with E-state index in [0.717, 1.165) is 41.3 Å². The molecule has 1 aliphatic heterocycles. The number of carbonyl (C=O) groups excluding carboxylic acids is 2. The molecule has 0 unspecified atom stereocenters. The topological polar surface area (TPSA) is 55.8 Å². The molecule has 0 N–H and O–H groups in total. The minimum atomic E-state index is -0.306. The van der Waals surface area contributed by atoms with Gasteiger partial charge in [0.05, 0.1) is 18.6 Å². The second-order valence-electron chi connectivity index (χ2n) is 7.68. The molecule has 0 aliphatic carbocycles. The fraction of sp³-hybridized carbons (Fsp3) is 0.280. The number of hydrogen-bond acceptors (Lipinski definition) is 5. The van der Waals surface area contributed by atoms with Gasteiger partial charge in [-0.25, -0.2) is 0 Å². The minimum absolute atomic E-state index is 0.188. The van der Waals surface area contributed by atoms with Crippen LogP contribution in [0.2, 0.25) is 0 Å². The Balaban J connectivity index is 1.70. The number of nitrogens with zero attached hydrogens (tertiary/aromatic N) is 1. The van der Waals surface area contributed by atoms with E-state index in [1.165, 1.54) is 4.90 Å². The molecule has 1 fully saturated rings. The average molecular weight is 687 g/mol. The van der Waals surface area contributed by atoms with Crippen molar-refractivity contribution in [2.75, 3.05) is 19.8 Å². The van der Waals surface area contributed by atoms with Crippen LogP contribution in [0.25, 0.3) is 6.08 Å². The lowest BCUT2D eigenvalue weighted by Crippen LogP contribution is -2.32. The van der Waals surface area contributed by atoms with Crippen LogP contribution in [0, 0.1) is 26.4 Å². The van der Waals surface area contributed by atoms with E-state index in [2.05, 4.69) is 77.1 Å².